The Morgan fingerprint density at radius 2 is 2.00 bits per heavy atom. The van der Waals surface area contributed by atoms with Gasteiger partial charge in [-0.1, -0.05) is 13.8 Å². The third-order valence-electron chi connectivity index (χ3n) is 3.21. The number of aliphatic hydroxyl groups excluding tert-OH is 1. The van der Waals surface area contributed by atoms with Gasteiger partial charge in [-0.15, -0.1) is 0 Å². The molecule has 0 aromatic rings. The minimum atomic E-state index is -0.105. The molecule has 2 N–H and O–H groups in total. The number of rotatable bonds is 6. The molecule has 0 bridgehead atoms. The summed E-state index contributed by atoms with van der Waals surface area (Å²) in [5.74, 6) is 0. The van der Waals surface area contributed by atoms with Crippen molar-refractivity contribution in [3.63, 3.8) is 0 Å². The smallest absolute Gasteiger partial charge is 0.0693 e. The van der Waals surface area contributed by atoms with Crippen LogP contribution in [0.5, 0.6) is 0 Å². The van der Waals surface area contributed by atoms with Crippen molar-refractivity contribution in [2.24, 2.45) is 0 Å². The summed E-state index contributed by atoms with van der Waals surface area (Å²) in [6, 6.07) is 0.352. The highest BCUT2D eigenvalue weighted by atomic mass is 16.3. The number of aliphatic hydroxyl groups is 1. The predicted octanol–water partition coefficient (Wildman–Crippen LogP) is 0.831. The molecule has 1 saturated carbocycles. The molecule has 0 saturated heterocycles. The fraction of sp³-hybridized carbons (Fsp3) is 1.00. The van der Waals surface area contributed by atoms with E-state index in [1.807, 2.05) is 0 Å². The Labute approximate surface area is 87.5 Å². The van der Waals surface area contributed by atoms with Gasteiger partial charge >= 0.3 is 0 Å². The summed E-state index contributed by atoms with van der Waals surface area (Å²) in [6.07, 6.45) is 3.18. The van der Waals surface area contributed by atoms with Gasteiger partial charge in [-0.05, 0) is 32.4 Å². The van der Waals surface area contributed by atoms with Crippen molar-refractivity contribution in [2.45, 2.75) is 45.3 Å². The molecule has 3 nitrogen and oxygen atoms in total. The Morgan fingerprint density at radius 1 is 1.29 bits per heavy atom. The molecular weight excluding hydrogens is 176 g/mol. The topological polar surface area (TPSA) is 35.5 Å². The number of hydrogen-bond donors (Lipinski definition) is 2. The number of likely N-dealkylation sites (N-methyl/N-ethyl adjacent to an activating group) is 1. The zero-order valence-electron chi connectivity index (χ0n) is 9.50. The molecule has 0 heterocycles. The first-order valence-corrected chi connectivity index (χ1v) is 5.91. The molecule has 0 aliphatic heterocycles. The Bertz CT molecular complexity index is 148. The van der Waals surface area contributed by atoms with Crippen LogP contribution in [0.4, 0.5) is 0 Å². The van der Waals surface area contributed by atoms with Crippen LogP contribution in [0.1, 0.15) is 33.1 Å². The third kappa shape index (κ3) is 3.56. The van der Waals surface area contributed by atoms with E-state index in [4.69, 9.17) is 0 Å². The van der Waals surface area contributed by atoms with E-state index in [0.717, 1.165) is 39.0 Å². The highest BCUT2D eigenvalue weighted by molar-refractivity contribution is 4.82. The molecule has 0 amide bonds. The quantitative estimate of drug-likeness (QED) is 0.667. The Kier molecular flexibility index (Phi) is 5.45. The molecule has 0 spiro atoms. The Morgan fingerprint density at radius 3 is 2.50 bits per heavy atom. The van der Waals surface area contributed by atoms with Crippen molar-refractivity contribution in [1.29, 1.82) is 0 Å². The molecule has 3 heteroatoms. The lowest BCUT2D eigenvalue weighted by atomic mass is 10.2. The Hall–Kier alpha value is -0.120. The van der Waals surface area contributed by atoms with Crippen LogP contribution in [0.25, 0.3) is 0 Å². The van der Waals surface area contributed by atoms with Crippen molar-refractivity contribution in [3.8, 4) is 0 Å². The van der Waals surface area contributed by atoms with Gasteiger partial charge in [0, 0.05) is 19.1 Å². The van der Waals surface area contributed by atoms with Gasteiger partial charge in [0.2, 0.25) is 0 Å². The zero-order valence-corrected chi connectivity index (χ0v) is 9.50. The second-order valence-electron chi connectivity index (χ2n) is 4.09. The summed E-state index contributed by atoms with van der Waals surface area (Å²) >= 11 is 0. The normalized spacial score (nSPS) is 27.4. The molecule has 1 fully saturated rings. The van der Waals surface area contributed by atoms with Gasteiger partial charge in [0.25, 0.3) is 0 Å². The van der Waals surface area contributed by atoms with E-state index in [0.29, 0.717) is 6.04 Å². The van der Waals surface area contributed by atoms with E-state index in [9.17, 15) is 5.11 Å². The van der Waals surface area contributed by atoms with Crippen molar-refractivity contribution in [2.75, 3.05) is 26.2 Å². The summed E-state index contributed by atoms with van der Waals surface area (Å²) in [5, 5.41) is 13.0. The minimum Gasteiger partial charge on any atom is -0.392 e. The van der Waals surface area contributed by atoms with Crippen LogP contribution in [0.2, 0.25) is 0 Å². The second-order valence-corrected chi connectivity index (χ2v) is 4.09. The second kappa shape index (κ2) is 6.38. The van der Waals surface area contributed by atoms with Gasteiger partial charge in [-0.2, -0.15) is 0 Å². The lowest BCUT2D eigenvalue weighted by Gasteiger charge is -2.21. The van der Waals surface area contributed by atoms with Crippen LogP contribution < -0.4 is 5.32 Å². The summed E-state index contributed by atoms with van der Waals surface area (Å²) in [6.45, 7) is 8.71. The molecule has 2 unspecified atom stereocenters. The van der Waals surface area contributed by atoms with E-state index in [1.165, 1.54) is 6.42 Å². The van der Waals surface area contributed by atoms with Crippen molar-refractivity contribution in [3.05, 3.63) is 0 Å². The van der Waals surface area contributed by atoms with E-state index in [2.05, 4.69) is 24.1 Å². The predicted molar refractivity (Wildman–Crippen MR) is 59.4 cm³/mol. The summed E-state index contributed by atoms with van der Waals surface area (Å²) < 4.78 is 0. The van der Waals surface area contributed by atoms with Gasteiger partial charge in [0.15, 0.2) is 0 Å². The molecule has 0 aromatic carbocycles. The third-order valence-corrected chi connectivity index (χ3v) is 3.21. The number of nitrogens with one attached hydrogen (secondary N) is 1. The van der Waals surface area contributed by atoms with E-state index < -0.39 is 0 Å². The molecule has 2 atom stereocenters. The maximum atomic E-state index is 9.59. The summed E-state index contributed by atoms with van der Waals surface area (Å²) in [5.41, 5.74) is 0. The van der Waals surface area contributed by atoms with Gasteiger partial charge < -0.3 is 15.3 Å². The lowest BCUT2D eigenvalue weighted by molar-refractivity contribution is 0.147. The van der Waals surface area contributed by atoms with Crippen molar-refractivity contribution >= 4 is 0 Å². The largest absolute Gasteiger partial charge is 0.392 e. The van der Waals surface area contributed by atoms with Crippen molar-refractivity contribution < 1.29 is 5.11 Å². The summed E-state index contributed by atoms with van der Waals surface area (Å²) in [7, 11) is 0. The first kappa shape index (κ1) is 12.0. The average molecular weight is 200 g/mol. The summed E-state index contributed by atoms with van der Waals surface area (Å²) in [4.78, 5) is 2.40. The first-order chi connectivity index (χ1) is 6.77. The number of hydrogen-bond acceptors (Lipinski definition) is 3. The molecular formula is C11H24N2O. The maximum absolute atomic E-state index is 9.59. The molecule has 1 aliphatic rings. The average Bonchev–Trinajstić information content (AvgIpc) is 2.59. The van der Waals surface area contributed by atoms with Crippen molar-refractivity contribution in [1.82, 2.24) is 10.2 Å². The maximum Gasteiger partial charge on any atom is 0.0693 e. The van der Waals surface area contributed by atoms with Crippen LogP contribution in [-0.2, 0) is 0 Å². The molecule has 84 valence electrons. The monoisotopic (exact) mass is 200 g/mol. The fourth-order valence-corrected chi connectivity index (χ4v) is 2.13. The van der Waals surface area contributed by atoms with Crippen LogP contribution >= 0.6 is 0 Å². The molecule has 1 rings (SSSR count). The standard InChI is InChI=1S/C11H24N2O/c1-3-13(4-2)9-8-12-10-6-5-7-11(10)14/h10-12,14H,3-9H2,1-2H3. The zero-order chi connectivity index (χ0) is 10.4. The molecule has 1 aliphatic carbocycles. The van der Waals surface area contributed by atoms with Gasteiger partial charge in [-0.25, -0.2) is 0 Å². The molecule has 0 radical (unpaired) electrons. The lowest BCUT2D eigenvalue weighted by Crippen LogP contribution is -2.40. The highest BCUT2D eigenvalue weighted by Crippen LogP contribution is 2.18. The minimum absolute atomic E-state index is 0.105. The van der Waals surface area contributed by atoms with Gasteiger partial charge in [0.1, 0.15) is 0 Å². The van der Waals surface area contributed by atoms with Crippen LogP contribution in [0.3, 0.4) is 0 Å². The highest BCUT2D eigenvalue weighted by Gasteiger charge is 2.24. The van der Waals surface area contributed by atoms with Crippen LogP contribution in [-0.4, -0.2) is 48.3 Å². The first-order valence-electron chi connectivity index (χ1n) is 5.91. The van der Waals surface area contributed by atoms with Crippen LogP contribution in [0.15, 0.2) is 0 Å². The fourth-order valence-electron chi connectivity index (χ4n) is 2.13. The SMILES string of the molecule is CCN(CC)CCNC1CCCC1O. The molecule has 0 aromatic heterocycles. The van der Waals surface area contributed by atoms with Gasteiger partial charge in [0.05, 0.1) is 6.10 Å². The van der Waals surface area contributed by atoms with E-state index >= 15 is 0 Å². The van der Waals surface area contributed by atoms with Crippen LogP contribution in [0, 0.1) is 0 Å². The molecule has 14 heavy (non-hydrogen) atoms. The Balaban J connectivity index is 2.08. The van der Waals surface area contributed by atoms with E-state index in [1.54, 1.807) is 0 Å². The van der Waals surface area contributed by atoms with E-state index in [-0.39, 0.29) is 6.10 Å². The van der Waals surface area contributed by atoms with Gasteiger partial charge in [-0.3, -0.25) is 0 Å². The number of nitrogens with zero attached hydrogens (tertiary/aromatic N) is 1.